The van der Waals surface area contributed by atoms with Crippen LogP contribution in [0, 0.1) is 19.8 Å². The first-order valence-corrected chi connectivity index (χ1v) is 8.75. The minimum Gasteiger partial charge on any atom is -0.508 e. The summed E-state index contributed by atoms with van der Waals surface area (Å²) in [6.45, 7) is 6.37. The summed E-state index contributed by atoms with van der Waals surface area (Å²) in [6.07, 6.45) is 5.56. The summed E-state index contributed by atoms with van der Waals surface area (Å²) < 4.78 is 0. The third-order valence-corrected chi connectivity index (χ3v) is 4.81. The number of aromatic nitrogens is 1. The van der Waals surface area contributed by atoms with Crippen LogP contribution in [-0.2, 0) is 11.3 Å². The maximum absolute atomic E-state index is 12.7. The molecule has 1 aromatic carbocycles. The lowest BCUT2D eigenvalue weighted by molar-refractivity contribution is -0.121. The fraction of sp³-hybridized carbons (Fsp3) is 0.400. The first-order chi connectivity index (χ1) is 12.0. The number of nitrogens with one attached hydrogen (secondary N) is 1. The molecular formula is C20H25N3O2. The van der Waals surface area contributed by atoms with E-state index in [0.29, 0.717) is 5.69 Å². The highest BCUT2D eigenvalue weighted by Crippen LogP contribution is 2.27. The van der Waals surface area contributed by atoms with E-state index in [2.05, 4.69) is 21.3 Å². The van der Waals surface area contributed by atoms with Gasteiger partial charge in [-0.1, -0.05) is 12.1 Å². The highest BCUT2D eigenvalue weighted by Gasteiger charge is 2.26. The number of hydrogen-bond acceptors (Lipinski definition) is 4. The number of carbonyl (C=O) groups is 1. The molecule has 0 bridgehead atoms. The molecular weight excluding hydrogens is 314 g/mol. The molecule has 132 valence electrons. The van der Waals surface area contributed by atoms with Crippen molar-refractivity contribution in [1.82, 2.24) is 9.88 Å². The molecule has 25 heavy (non-hydrogen) atoms. The van der Waals surface area contributed by atoms with Gasteiger partial charge in [-0.25, -0.2) is 0 Å². The van der Waals surface area contributed by atoms with Gasteiger partial charge in [0.25, 0.3) is 0 Å². The van der Waals surface area contributed by atoms with Crippen LogP contribution in [0.3, 0.4) is 0 Å². The predicted octanol–water partition coefficient (Wildman–Crippen LogP) is 3.25. The Kier molecular flexibility index (Phi) is 5.34. The Bertz CT molecular complexity index is 746. The minimum atomic E-state index is -0.0340. The number of aromatic hydroxyl groups is 1. The molecule has 1 atom stereocenters. The van der Waals surface area contributed by atoms with Gasteiger partial charge < -0.3 is 10.4 Å². The van der Waals surface area contributed by atoms with Crippen LogP contribution >= 0.6 is 0 Å². The number of aryl methyl sites for hydroxylation is 2. The second-order valence-corrected chi connectivity index (χ2v) is 6.88. The number of phenols is 1. The van der Waals surface area contributed by atoms with Gasteiger partial charge in [0.05, 0.1) is 5.92 Å². The number of amides is 1. The fourth-order valence-corrected chi connectivity index (χ4v) is 3.37. The molecule has 1 unspecified atom stereocenters. The van der Waals surface area contributed by atoms with Crippen molar-refractivity contribution in [3.05, 3.63) is 53.3 Å². The van der Waals surface area contributed by atoms with Crippen LogP contribution in [-0.4, -0.2) is 34.0 Å². The molecule has 0 aliphatic carbocycles. The van der Waals surface area contributed by atoms with Crippen LogP contribution in [0.5, 0.6) is 5.75 Å². The number of rotatable bonds is 4. The van der Waals surface area contributed by atoms with Crippen LogP contribution < -0.4 is 5.32 Å². The molecule has 0 spiro atoms. The van der Waals surface area contributed by atoms with Crippen molar-refractivity contribution in [2.45, 2.75) is 33.2 Å². The van der Waals surface area contributed by atoms with E-state index in [0.717, 1.165) is 43.6 Å². The lowest BCUT2D eigenvalue weighted by Crippen LogP contribution is -2.40. The monoisotopic (exact) mass is 339 g/mol. The molecule has 1 saturated heterocycles. The third-order valence-electron chi connectivity index (χ3n) is 4.81. The van der Waals surface area contributed by atoms with Crippen molar-refractivity contribution < 1.29 is 9.90 Å². The summed E-state index contributed by atoms with van der Waals surface area (Å²) in [4.78, 5) is 19.1. The van der Waals surface area contributed by atoms with Gasteiger partial charge in [0.1, 0.15) is 5.75 Å². The Hall–Kier alpha value is -2.40. The van der Waals surface area contributed by atoms with Crippen LogP contribution in [0.15, 0.2) is 36.7 Å². The van der Waals surface area contributed by atoms with E-state index in [1.807, 2.05) is 32.2 Å². The van der Waals surface area contributed by atoms with E-state index in [-0.39, 0.29) is 17.6 Å². The Labute approximate surface area is 148 Å². The zero-order valence-corrected chi connectivity index (χ0v) is 14.8. The molecule has 1 aromatic heterocycles. The molecule has 2 N–H and O–H groups in total. The van der Waals surface area contributed by atoms with Crippen LogP contribution in [0.4, 0.5) is 5.69 Å². The molecule has 5 nitrogen and oxygen atoms in total. The summed E-state index contributed by atoms with van der Waals surface area (Å²) in [5.41, 5.74) is 3.64. The topological polar surface area (TPSA) is 65.5 Å². The van der Waals surface area contributed by atoms with Gasteiger partial charge in [0, 0.05) is 37.2 Å². The summed E-state index contributed by atoms with van der Waals surface area (Å²) >= 11 is 0. The first-order valence-electron chi connectivity index (χ1n) is 8.75. The van der Waals surface area contributed by atoms with E-state index in [1.165, 1.54) is 5.56 Å². The van der Waals surface area contributed by atoms with Crippen molar-refractivity contribution in [2.75, 3.05) is 18.4 Å². The molecule has 1 amide bonds. The average molecular weight is 339 g/mol. The third kappa shape index (κ3) is 4.37. The molecule has 1 fully saturated rings. The van der Waals surface area contributed by atoms with Gasteiger partial charge in [-0.2, -0.15) is 0 Å². The van der Waals surface area contributed by atoms with Crippen LogP contribution in [0.2, 0.25) is 0 Å². The van der Waals surface area contributed by atoms with Gasteiger partial charge in [-0.05, 0) is 56.0 Å². The first kappa shape index (κ1) is 17.4. The van der Waals surface area contributed by atoms with Gasteiger partial charge in [0.15, 0.2) is 0 Å². The second kappa shape index (κ2) is 7.66. The quantitative estimate of drug-likeness (QED) is 0.897. The number of nitrogens with zero attached hydrogens (tertiary/aromatic N) is 2. The van der Waals surface area contributed by atoms with Crippen molar-refractivity contribution in [2.24, 2.45) is 5.92 Å². The highest BCUT2D eigenvalue weighted by molar-refractivity contribution is 5.93. The van der Waals surface area contributed by atoms with Crippen molar-refractivity contribution in [3.8, 4) is 5.75 Å². The zero-order valence-electron chi connectivity index (χ0n) is 14.8. The molecule has 0 radical (unpaired) electrons. The van der Waals surface area contributed by atoms with E-state index in [9.17, 15) is 9.90 Å². The Morgan fingerprint density at radius 3 is 2.96 bits per heavy atom. The maximum Gasteiger partial charge on any atom is 0.228 e. The number of carbonyl (C=O) groups excluding carboxylic acids is 1. The molecule has 1 aliphatic rings. The van der Waals surface area contributed by atoms with Gasteiger partial charge in [0.2, 0.25) is 5.91 Å². The van der Waals surface area contributed by atoms with E-state index >= 15 is 0 Å². The zero-order chi connectivity index (χ0) is 17.8. The summed E-state index contributed by atoms with van der Waals surface area (Å²) in [7, 11) is 0. The SMILES string of the molecule is Cc1cc(C)c(NC(=O)C2CCCN(Cc3cccnc3)C2)cc1O. The molecule has 2 aromatic rings. The normalized spacial score (nSPS) is 18.1. The van der Waals surface area contributed by atoms with Gasteiger partial charge in [-0.3, -0.25) is 14.7 Å². The van der Waals surface area contributed by atoms with Crippen LogP contribution in [0.1, 0.15) is 29.5 Å². The lowest BCUT2D eigenvalue weighted by Gasteiger charge is -2.32. The number of benzene rings is 1. The summed E-state index contributed by atoms with van der Waals surface area (Å²) in [6, 6.07) is 7.53. The second-order valence-electron chi connectivity index (χ2n) is 6.88. The molecule has 5 heteroatoms. The van der Waals surface area contributed by atoms with Crippen molar-refractivity contribution in [1.29, 1.82) is 0 Å². The predicted molar refractivity (Wildman–Crippen MR) is 98.4 cm³/mol. The minimum absolute atomic E-state index is 0.0299. The molecule has 0 saturated carbocycles. The fourth-order valence-electron chi connectivity index (χ4n) is 3.37. The van der Waals surface area contributed by atoms with Crippen molar-refractivity contribution >= 4 is 11.6 Å². The number of pyridine rings is 1. The van der Waals surface area contributed by atoms with Crippen molar-refractivity contribution in [3.63, 3.8) is 0 Å². The average Bonchev–Trinajstić information content (AvgIpc) is 2.61. The Morgan fingerprint density at radius 1 is 1.36 bits per heavy atom. The largest absolute Gasteiger partial charge is 0.508 e. The number of hydrogen-bond donors (Lipinski definition) is 2. The standard InChI is InChI=1S/C20H25N3O2/c1-14-9-15(2)19(24)10-18(14)22-20(25)17-6-4-8-23(13-17)12-16-5-3-7-21-11-16/h3,5,7,9-11,17,24H,4,6,8,12-13H2,1-2H3,(H,22,25). The van der Waals surface area contributed by atoms with E-state index in [1.54, 1.807) is 12.3 Å². The highest BCUT2D eigenvalue weighted by atomic mass is 16.3. The summed E-state index contributed by atoms with van der Waals surface area (Å²) in [5, 5.41) is 12.9. The smallest absolute Gasteiger partial charge is 0.228 e. The van der Waals surface area contributed by atoms with Gasteiger partial charge in [-0.15, -0.1) is 0 Å². The summed E-state index contributed by atoms with van der Waals surface area (Å²) in [5.74, 6) is 0.207. The molecule has 2 heterocycles. The number of piperidine rings is 1. The molecule has 1 aliphatic heterocycles. The number of likely N-dealkylation sites (tertiary alicyclic amines) is 1. The number of phenolic OH excluding ortho intramolecular Hbond substituents is 1. The van der Waals surface area contributed by atoms with Crippen LogP contribution in [0.25, 0.3) is 0 Å². The lowest BCUT2D eigenvalue weighted by atomic mass is 9.96. The van der Waals surface area contributed by atoms with Gasteiger partial charge >= 0.3 is 0 Å². The van der Waals surface area contributed by atoms with E-state index in [4.69, 9.17) is 0 Å². The number of anilines is 1. The Balaban J connectivity index is 1.63. The Morgan fingerprint density at radius 2 is 2.20 bits per heavy atom. The van der Waals surface area contributed by atoms with E-state index < -0.39 is 0 Å². The molecule has 3 rings (SSSR count). The maximum atomic E-state index is 12.7.